The van der Waals surface area contributed by atoms with Gasteiger partial charge in [0.1, 0.15) is 17.4 Å². The molecule has 1 aliphatic heterocycles. The number of piperazine rings is 1. The number of benzene rings is 2. The standard InChI is InChI=1S/C28H24F2N6O4/c1-31-23-11-10-21-24(32-23)26(27(36(38)39)28(37)33(21)2)35-14-12-34(13-15-35)25(17-4-6-18(29)7-5-17)20-9-8-19(30)16-22(20)40-3/h4-11,16,25H,12-15H2,2-3H3. The molecule has 0 saturated carbocycles. The number of nitrogens with zero attached hydrogens (tertiary/aromatic N) is 6. The van der Waals surface area contributed by atoms with Crippen molar-refractivity contribution in [3.05, 3.63) is 109 Å². The van der Waals surface area contributed by atoms with Gasteiger partial charge < -0.3 is 19.0 Å². The largest absolute Gasteiger partial charge is 0.496 e. The Kier molecular flexibility index (Phi) is 7.15. The highest BCUT2D eigenvalue weighted by Crippen LogP contribution is 2.38. The Bertz CT molecular complexity index is 1710. The van der Waals surface area contributed by atoms with E-state index in [0.29, 0.717) is 29.9 Å². The molecular formula is C28H24F2N6O4. The zero-order valence-electron chi connectivity index (χ0n) is 21.7. The minimum Gasteiger partial charge on any atom is -0.496 e. The van der Waals surface area contributed by atoms with Crippen molar-refractivity contribution in [1.29, 1.82) is 0 Å². The van der Waals surface area contributed by atoms with Crippen LogP contribution >= 0.6 is 0 Å². The van der Waals surface area contributed by atoms with Crippen LogP contribution in [0.3, 0.4) is 0 Å². The number of nitro groups is 1. The van der Waals surface area contributed by atoms with Crippen LogP contribution in [0.25, 0.3) is 15.9 Å². The average molecular weight is 547 g/mol. The van der Waals surface area contributed by atoms with Crippen LogP contribution in [0.15, 0.2) is 59.4 Å². The lowest BCUT2D eigenvalue weighted by Gasteiger charge is -2.40. The number of rotatable bonds is 6. The molecule has 1 aliphatic rings. The van der Waals surface area contributed by atoms with Crippen molar-refractivity contribution in [2.45, 2.75) is 6.04 Å². The van der Waals surface area contributed by atoms with Gasteiger partial charge in [-0.3, -0.25) is 19.8 Å². The van der Waals surface area contributed by atoms with Crippen molar-refractivity contribution >= 4 is 28.2 Å². The number of pyridine rings is 2. The Morgan fingerprint density at radius 1 is 1.05 bits per heavy atom. The maximum Gasteiger partial charge on any atom is 0.361 e. The minimum atomic E-state index is -0.771. The van der Waals surface area contributed by atoms with E-state index in [-0.39, 0.29) is 30.1 Å². The van der Waals surface area contributed by atoms with Gasteiger partial charge in [0, 0.05) is 44.9 Å². The fraction of sp³-hybridized carbons (Fsp3) is 0.250. The summed E-state index contributed by atoms with van der Waals surface area (Å²) >= 11 is 0. The number of methoxy groups -OCH3 is 1. The van der Waals surface area contributed by atoms with E-state index >= 15 is 0 Å². The second-order valence-electron chi connectivity index (χ2n) is 9.33. The highest BCUT2D eigenvalue weighted by atomic mass is 19.1. The monoisotopic (exact) mass is 546 g/mol. The van der Waals surface area contributed by atoms with Gasteiger partial charge >= 0.3 is 11.2 Å². The van der Waals surface area contributed by atoms with E-state index in [1.807, 2.05) is 0 Å². The van der Waals surface area contributed by atoms with Crippen LogP contribution in [-0.2, 0) is 7.05 Å². The summed E-state index contributed by atoms with van der Waals surface area (Å²) in [5.74, 6) is -0.463. The molecule has 0 radical (unpaired) electrons. The maximum absolute atomic E-state index is 14.0. The highest BCUT2D eigenvalue weighted by Gasteiger charge is 2.35. The summed E-state index contributed by atoms with van der Waals surface area (Å²) in [6.07, 6.45) is 0. The summed E-state index contributed by atoms with van der Waals surface area (Å²) in [5, 5.41) is 12.1. The lowest BCUT2D eigenvalue weighted by molar-refractivity contribution is -0.385. The van der Waals surface area contributed by atoms with E-state index in [2.05, 4.69) is 14.7 Å². The van der Waals surface area contributed by atoms with E-state index in [1.54, 1.807) is 29.2 Å². The third-order valence-corrected chi connectivity index (χ3v) is 7.15. The molecule has 40 heavy (non-hydrogen) atoms. The van der Waals surface area contributed by atoms with E-state index in [9.17, 15) is 23.7 Å². The van der Waals surface area contributed by atoms with Gasteiger partial charge in [-0.2, -0.15) is 0 Å². The number of fused-ring (bicyclic) bond motifs is 1. The third kappa shape index (κ3) is 4.71. The molecule has 204 valence electrons. The van der Waals surface area contributed by atoms with Gasteiger partial charge in [-0.15, -0.1) is 4.98 Å². The molecule has 3 heterocycles. The number of hydrogen-bond donors (Lipinski definition) is 0. The molecule has 1 atom stereocenters. The van der Waals surface area contributed by atoms with Crippen molar-refractivity contribution in [3.8, 4) is 5.75 Å². The molecular weight excluding hydrogens is 522 g/mol. The van der Waals surface area contributed by atoms with Gasteiger partial charge in [0.05, 0.1) is 23.6 Å². The maximum atomic E-state index is 14.0. The quantitative estimate of drug-likeness (QED) is 0.198. The van der Waals surface area contributed by atoms with Crippen molar-refractivity contribution in [1.82, 2.24) is 14.5 Å². The smallest absolute Gasteiger partial charge is 0.361 e. The van der Waals surface area contributed by atoms with Crippen molar-refractivity contribution in [2.75, 3.05) is 38.2 Å². The summed E-state index contributed by atoms with van der Waals surface area (Å²) in [6, 6.07) is 12.9. The zero-order valence-corrected chi connectivity index (χ0v) is 21.7. The molecule has 10 nitrogen and oxygen atoms in total. The van der Waals surface area contributed by atoms with Gasteiger partial charge in [-0.05, 0) is 35.9 Å². The molecule has 1 fully saturated rings. The Hall–Kier alpha value is -4.89. The first-order valence-electron chi connectivity index (χ1n) is 12.4. The molecule has 5 rings (SSSR count). The number of ether oxygens (including phenoxy) is 1. The summed E-state index contributed by atoms with van der Waals surface area (Å²) in [7, 11) is 2.88. The lowest BCUT2D eigenvalue weighted by Crippen LogP contribution is -2.48. The van der Waals surface area contributed by atoms with Gasteiger partial charge in [-0.25, -0.2) is 8.78 Å². The number of halogens is 2. The molecule has 0 amide bonds. The first kappa shape index (κ1) is 26.7. The Morgan fingerprint density at radius 3 is 2.35 bits per heavy atom. The molecule has 12 heteroatoms. The predicted molar refractivity (Wildman–Crippen MR) is 145 cm³/mol. The van der Waals surface area contributed by atoms with Crippen molar-refractivity contribution in [2.24, 2.45) is 7.05 Å². The molecule has 0 aliphatic carbocycles. The van der Waals surface area contributed by atoms with Gasteiger partial charge in [0.25, 0.3) is 5.82 Å². The SMILES string of the molecule is [C-]#[N+]c1ccc2c(n1)c(N1CCN(C(c3ccc(F)cc3)c3ccc(F)cc3OC)CC1)c([N+](=O)[O-])c(=O)n2C. The molecule has 1 unspecified atom stereocenters. The summed E-state index contributed by atoms with van der Waals surface area (Å²) in [4.78, 5) is 35.9. The average Bonchev–Trinajstić information content (AvgIpc) is 2.96. The minimum absolute atomic E-state index is 0.0557. The van der Waals surface area contributed by atoms with Gasteiger partial charge in [0.2, 0.25) is 5.52 Å². The molecule has 0 N–H and O–H groups in total. The fourth-order valence-corrected chi connectivity index (χ4v) is 5.24. The van der Waals surface area contributed by atoms with Crippen LogP contribution in [0.1, 0.15) is 17.2 Å². The number of aryl methyl sites for hydroxylation is 1. The molecule has 2 aromatic heterocycles. The van der Waals surface area contributed by atoms with E-state index < -0.39 is 33.8 Å². The van der Waals surface area contributed by atoms with Crippen LogP contribution in [0, 0.1) is 28.3 Å². The normalized spacial score (nSPS) is 14.6. The van der Waals surface area contributed by atoms with Crippen molar-refractivity contribution in [3.63, 3.8) is 0 Å². The van der Waals surface area contributed by atoms with Crippen LogP contribution in [-0.4, -0.2) is 52.7 Å². The van der Waals surface area contributed by atoms with E-state index in [4.69, 9.17) is 11.3 Å². The fourth-order valence-electron chi connectivity index (χ4n) is 5.24. The summed E-state index contributed by atoms with van der Waals surface area (Å²) in [6.45, 7) is 8.69. The van der Waals surface area contributed by atoms with Gasteiger partial charge in [0.15, 0.2) is 5.69 Å². The van der Waals surface area contributed by atoms with Gasteiger partial charge in [-0.1, -0.05) is 24.8 Å². The van der Waals surface area contributed by atoms with Crippen LogP contribution in [0.4, 0.5) is 26.0 Å². The summed E-state index contributed by atoms with van der Waals surface area (Å²) < 4.78 is 34.4. The number of hydrogen-bond acceptors (Lipinski definition) is 7. The van der Waals surface area contributed by atoms with Crippen LogP contribution in [0.2, 0.25) is 0 Å². The number of aromatic nitrogens is 2. The summed E-state index contributed by atoms with van der Waals surface area (Å²) in [5.41, 5.74) is 0.712. The van der Waals surface area contributed by atoms with Crippen LogP contribution in [0.5, 0.6) is 5.75 Å². The van der Waals surface area contributed by atoms with Crippen molar-refractivity contribution < 1.29 is 18.4 Å². The molecule has 0 spiro atoms. The second-order valence-corrected chi connectivity index (χ2v) is 9.33. The lowest BCUT2D eigenvalue weighted by atomic mass is 9.95. The molecule has 0 bridgehead atoms. The highest BCUT2D eigenvalue weighted by molar-refractivity contribution is 5.94. The van der Waals surface area contributed by atoms with E-state index in [1.165, 1.54) is 49.1 Å². The zero-order chi connectivity index (χ0) is 28.6. The molecule has 1 saturated heterocycles. The Morgan fingerprint density at radius 2 is 1.73 bits per heavy atom. The number of anilines is 1. The Labute approximate surface area is 227 Å². The second kappa shape index (κ2) is 10.7. The topological polar surface area (TPSA) is 98.1 Å². The third-order valence-electron chi connectivity index (χ3n) is 7.15. The Balaban J connectivity index is 1.57. The van der Waals surface area contributed by atoms with Crippen LogP contribution < -0.4 is 15.2 Å². The van der Waals surface area contributed by atoms with E-state index in [0.717, 1.165) is 5.56 Å². The molecule has 4 aromatic rings. The predicted octanol–water partition coefficient (Wildman–Crippen LogP) is 4.59. The molecule has 2 aromatic carbocycles. The first-order valence-corrected chi connectivity index (χ1v) is 12.4. The first-order chi connectivity index (χ1) is 19.2.